The van der Waals surface area contributed by atoms with Crippen molar-refractivity contribution in [3.63, 3.8) is 0 Å². The maximum Gasteiger partial charge on any atom is 0.270 e. The van der Waals surface area contributed by atoms with E-state index in [4.69, 9.17) is 4.74 Å². The van der Waals surface area contributed by atoms with Gasteiger partial charge in [0.1, 0.15) is 18.6 Å². The van der Waals surface area contributed by atoms with Crippen molar-refractivity contribution in [3.8, 4) is 5.88 Å². The molecule has 0 fully saturated rings. The number of hydrogen-bond donors (Lipinski definition) is 1. The fourth-order valence-electron chi connectivity index (χ4n) is 2.20. The zero-order valence-electron chi connectivity index (χ0n) is 13.9. The van der Waals surface area contributed by atoms with Crippen LogP contribution >= 0.6 is 0 Å². The monoisotopic (exact) mass is 351 g/mol. The van der Waals surface area contributed by atoms with E-state index < -0.39 is 0 Å². The summed E-state index contributed by atoms with van der Waals surface area (Å²) in [7, 11) is 0. The van der Waals surface area contributed by atoms with E-state index in [0.717, 1.165) is 5.56 Å². The largest absolute Gasteiger partial charge is 0.473 e. The van der Waals surface area contributed by atoms with Crippen molar-refractivity contribution >= 4 is 5.91 Å². The van der Waals surface area contributed by atoms with Gasteiger partial charge in [-0.2, -0.15) is 5.10 Å². The average molecular weight is 351 g/mol. The topological polar surface area (TPSA) is 99.0 Å². The standard InChI is InChI=1S/C18H17N5O3/c24-17-7-4-8-22-23(17)10-9-19-18(25)15-11-16(21-13-20-15)26-12-14-5-2-1-3-6-14/h1-8,11,13H,9-10,12H2,(H,19,25). The number of hydrogen-bond acceptors (Lipinski definition) is 6. The minimum Gasteiger partial charge on any atom is -0.473 e. The first-order valence-electron chi connectivity index (χ1n) is 8.01. The van der Waals surface area contributed by atoms with Gasteiger partial charge >= 0.3 is 0 Å². The van der Waals surface area contributed by atoms with Crippen molar-refractivity contribution < 1.29 is 9.53 Å². The fourth-order valence-corrected chi connectivity index (χ4v) is 2.20. The van der Waals surface area contributed by atoms with Crippen molar-refractivity contribution in [1.29, 1.82) is 0 Å². The lowest BCUT2D eigenvalue weighted by atomic mass is 10.2. The minimum absolute atomic E-state index is 0.191. The van der Waals surface area contributed by atoms with Gasteiger partial charge in [0.15, 0.2) is 0 Å². The quantitative estimate of drug-likeness (QED) is 0.683. The lowest BCUT2D eigenvalue weighted by Crippen LogP contribution is -2.32. The average Bonchev–Trinajstić information content (AvgIpc) is 2.69. The zero-order valence-corrected chi connectivity index (χ0v) is 13.9. The molecule has 1 aromatic carbocycles. The Morgan fingerprint density at radius 2 is 1.96 bits per heavy atom. The molecule has 0 aliphatic heterocycles. The molecule has 26 heavy (non-hydrogen) atoms. The van der Waals surface area contributed by atoms with Gasteiger partial charge in [0, 0.05) is 24.9 Å². The van der Waals surface area contributed by atoms with Crippen molar-refractivity contribution in [2.75, 3.05) is 6.54 Å². The molecule has 3 rings (SSSR count). The maximum atomic E-state index is 12.2. The number of carbonyl (C=O) groups is 1. The van der Waals surface area contributed by atoms with E-state index in [9.17, 15) is 9.59 Å². The molecular weight excluding hydrogens is 334 g/mol. The van der Waals surface area contributed by atoms with E-state index in [1.807, 2.05) is 30.3 Å². The fraction of sp³-hybridized carbons (Fsp3) is 0.167. The van der Waals surface area contributed by atoms with E-state index in [2.05, 4.69) is 20.4 Å². The number of nitrogens with one attached hydrogen (secondary N) is 1. The molecule has 0 aliphatic rings. The second-order valence-corrected chi connectivity index (χ2v) is 5.36. The molecule has 1 N–H and O–H groups in total. The normalized spacial score (nSPS) is 10.3. The Labute approximate surface area is 149 Å². The first-order valence-corrected chi connectivity index (χ1v) is 8.01. The Hall–Kier alpha value is -3.55. The van der Waals surface area contributed by atoms with Crippen molar-refractivity contribution in [2.45, 2.75) is 13.2 Å². The van der Waals surface area contributed by atoms with Crippen molar-refractivity contribution in [1.82, 2.24) is 25.1 Å². The van der Waals surface area contributed by atoms with Crippen LogP contribution in [0.1, 0.15) is 16.1 Å². The first-order chi connectivity index (χ1) is 12.7. The van der Waals surface area contributed by atoms with Gasteiger partial charge in [-0.05, 0) is 11.6 Å². The maximum absolute atomic E-state index is 12.2. The highest BCUT2D eigenvalue weighted by Gasteiger charge is 2.09. The molecule has 0 atom stereocenters. The lowest BCUT2D eigenvalue weighted by molar-refractivity contribution is 0.0946. The molecule has 8 heteroatoms. The number of aromatic nitrogens is 4. The molecule has 0 radical (unpaired) electrons. The van der Waals surface area contributed by atoms with Crippen LogP contribution in [0.5, 0.6) is 5.88 Å². The summed E-state index contributed by atoms with van der Waals surface area (Å²) in [5.41, 5.74) is 0.967. The van der Waals surface area contributed by atoms with Gasteiger partial charge in [0.2, 0.25) is 5.88 Å². The second kappa shape index (κ2) is 8.52. The van der Waals surface area contributed by atoms with Crippen LogP contribution < -0.4 is 15.6 Å². The molecule has 0 spiro atoms. The Kier molecular flexibility index (Phi) is 5.66. The van der Waals surface area contributed by atoms with Gasteiger partial charge in [0.25, 0.3) is 11.5 Å². The molecule has 0 aliphatic carbocycles. The summed E-state index contributed by atoms with van der Waals surface area (Å²) in [6.07, 6.45) is 2.79. The predicted molar refractivity (Wildman–Crippen MR) is 93.6 cm³/mol. The summed E-state index contributed by atoms with van der Waals surface area (Å²) in [5.74, 6) is -0.0594. The molecule has 0 saturated heterocycles. The summed E-state index contributed by atoms with van der Waals surface area (Å²) in [4.78, 5) is 31.7. The molecule has 2 heterocycles. The highest BCUT2D eigenvalue weighted by molar-refractivity contribution is 5.92. The van der Waals surface area contributed by atoms with E-state index >= 15 is 0 Å². The first kappa shape index (κ1) is 17.3. The smallest absolute Gasteiger partial charge is 0.270 e. The Bertz CT molecular complexity index is 927. The van der Waals surface area contributed by atoms with Gasteiger partial charge in [-0.3, -0.25) is 9.59 Å². The van der Waals surface area contributed by atoms with E-state index in [0.29, 0.717) is 12.5 Å². The van der Waals surface area contributed by atoms with Crippen LogP contribution in [0.25, 0.3) is 0 Å². The Balaban J connectivity index is 1.54. The van der Waals surface area contributed by atoms with E-state index in [1.54, 1.807) is 6.07 Å². The van der Waals surface area contributed by atoms with Gasteiger partial charge in [0.05, 0.1) is 6.54 Å². The molecule has 3 aromatic rings. The highest BCUT2D eigenvalue weighted by Crippen LogP contribution is 2.10. The number of ether oxygens (including phenoxy) is 1. The SMILES string of the molecule is O=C(NCCn1ncccc1=O)c1cc(OCc2ccccc2)ncn1. The van der Waals surface area contributed by atoms with Gasteiger partial charge in [-0.25, -0.2) is 14.6 Å². The summed E-state index contributed by atoms with van der Waals surface area (Å²) < 4.78 is 6.86. The predicted octanol–water partition coefficient (Wildman–Crippen LogP) is 1.04. The number of benzene rings is 1. The van der Waals surface area contributed by atoms with Gasteiger partial charge in [-0.1, -0.05) is 30.3 Å². The molecule has 2 aromatic heterocycles. The van der Waals surface area contributed by atoms with Crippen LogP contribution in [0.15, 0.2) is 65.8 Å². The molecule has 0 unspecified atom stereocenters. The second-order valence-electron chi connectivity index (χ2n) is 5.36. The zero-order chi connectivity index (χ0) is 18.2. The summed E-state index contributed by atoms with van der Waals surface area (Å²) in [6, 6.07) is 14.1. The van der Waals surface area contributed by atoms with Crippen LogP contribution in [0, 0.1) is 0 Å². The minimum atomic E-state index is -0.374. The van der Waals surface area contributed by atoms with Gasteiger partial charge < -0.3 is 10.1 Å². The Morgan fingerprint density at radius 3 is 2.77 bits per heavy atom. The van der Waals surface area contributed by atoms with Crippen molar-refractivity contribution in [2.24, 2.45) is 0 Å². The number of rotatable bonds is 7. The van der Waals surface area contributed by atoms with E-state index in [-0.39, 0.29) is 30.2 Å². The van der Waals surface area contributed by atoms with E-state index in [1.165, 1.54) is 29.3 Å². The summed E-state index contributed by atoms with van der Waals surface area (Å²) in [6.45, 7) is 0.870. The number of carbonyl (C=O) groups excluding carboxylic acids is 1. The third-order valence-electron chi connectivity index (χ3n) is 3.50. The molecule has 0 bridgehead atoms. The molecule has 132 valence electrons. The summed E-state index contributed by atoms with van der Waals surface area (Å²) in [5, 5.41) is 6.61. The van der Waals surface area contributed by atoms with Crippen molar-refractivity contribution in [3.05, 3.63) is 82.7 Å². The molecule has 1 amide bonds. The van der Waals surface area contributed by atoms with Crippen LogP contribution in [-0.4, -0.2) is 32.2 Å². The lowest BCUT2D eigenvalue weighted by Gasteiger charge is -2.08. The number of amides is 1. The third-order valence-corrected chi connectivity index (χ3v) is 3.50. The van der Waals surface area contributed by atoms with Gasteiger partial charge in [-0.15, -0.1) is 0 Å². The summed E-state index contributed by atoms with van der Waals surface area (Å²) >= 11 is 0. The third kappa shape index (κ3) is 4.73. The van der Waals surface area contributed by atoms with Crippen LogP contribution in [0.4, 0.5) is 0 Å². The molecule has 0 saturated carbocycles. The van der Waals surface area contributed by atoms with Crippen LogP contribution in [0.2, 0.25) is 0 Å². The molecular formula is C18H17N5O3. The molecule has 8 nitrogen and oxygen atoms in total. The highest BCUT2D eigenvalue weighted by atomic mass is 16.5. The Morgan fingerprint density at radius 1 is 1.12 bits per heavy atom. The van der Waals surface area contributed by atoms with Crippen LogP contribution in [-0.2, 0) is 13.2 Å². The number of nitrogens with zero attached hydrogens (tertiary/aromatic N) is 4. The van der Waals surface area contributed by atoms with Crippen LogP contribution in [0.3, 0.4) is 0 Å².